The summed E-state index contributed by atoms with van der Waals surface area (Å²) in [6.07, 6.45) is 3.23. The van der Waals surface area contributed by atoms with E-state index in [1.807, 2.05) is 6.07 Å². The van der Waals surface area contributed by atoms with E-state index >= 15 is 0 Å². The second-order valence-corrected chi connectivity index (χ2v) is 4.85. The van der Waals surface area contributed by atoms with Gasteiger partial charge in [0.25, 0.3) is 0 Å². The summed E-state index contributed by atoms with van der Waals surface area (Å²) < 4.78 is 5.57. The Morgan fingerprint density at radius 1 is 1.42 bits per heavy atom. The zero-order valence-electron chi connectivity index (χ0n) is 11.4. The lowest BCUT2D eigenvalue weighted by atomic mass is 10.1. The first-order valence-corrected chi connectivity index (χ1v) is 6.91. The van der Waals surface area contributed by atoms with E-state index < -0.39 is 5.97 Å². The Bertz CT molecular complexity index is 445. The summed E-state index contributed by atoms with van der Waals surface area (Å²) in [5, 5.41) is 9.03. The minimum absolute atomic E-state index is 0.359. The second kappa shape index (κ2) is 6.57. The van der Waals surface area contributed by atoms with Crippen LogP contribution in [0.5, 0.6) is 0 Å². The van der Waals surface area contributed by atoms with Crippen LogP contribution in [-0.4, -0.2) is 37.4 Å². The molecule has 0 saturated heterocycles. The van der Waals surface area contributed by atoms with Gasteiger partial charge in [-0.05, 0) is 30.5 Å². The van der Waals surface area contributed by atoms with Gasteiger partial charge in [0.1, 0.15) is 0 Å². The quantitative estimate of drug-likeness (QED) is 0.768. The molecule has 4 nitrogen and oxygen atoms in total. The number of unbranched alkanes of at least 4 members (excludes halogenated alkanes) is 1. The van der Waals surface area contributed by atoms with Crippen molar-refractivity contribution in [3.05, 3.63) is 29.3 Å². The molecule has 0 aliphatic carbocycles. The summed E-state index contributed by atoms with van der Waals surface area (Å²) in [5.41, 5.74) is 2.65. The van der Waals surface area contributed by atoms with Crippen LogP contribution in [0.2, 0.25) is 0 Å². The van der Waals surface area contributed by atoms with E-state index in [0.29, 0.717) is 12.2 Å². The van der Waals surface area contributed by atoms with Crippen molar-refractivity contribution in [3.8, 4) is 0 Å². The number of carboxylic acids is 1. The molecular weight excluding hydrogens is 242 g/mol. The Balaban J connectivity index is 1.92. The first-order valence-electron chi connectivity index (χ1n) is 6.91. The Labute approximate surface area is 114 Å². The van der Waals surface area contributed by atoms with E-state index in [0.717, 1.165) is 44.6 Å². The average molecular weight is 263 g/mol. The topological polar surface area (TPSA) is 49.8 Å². The fourth-order valence-electron chi connectivity index (χ4n) is 2.33. The Morgan fingerprint density at radius 3 is 3.00 bits per heavy atom. The molecule has 0 amide bonds. The molecule has 4 heteroatoms. The zero-order chi connectivity index (χ0) is 13.7. The number of ether oxygens (including phenoxy) is 1. The summed E-state index contributed by atoms with van der Waals surface area (Å²) in [6.45, 7) is 5.45. The lowest BCUT2D eigenvalue weighted by Gasteiger charge is -2.19. The second-order valence-electron chi connectivity index (χ2n) is 4.85. The van der Waals surface area contributed by atoms with Crippen LogP contribution < -0.4 is 4.90 Å². The maximum absolute atomic E-state index is 11.0. The molecule has 1 aliphatic heterocycles. The minimum atomic E-state index is -0.867. The van der Waals surface area contributed by atoms with E-state index in [-0.39, 0.29) is 0 Å². The number of hydrogen-bond acceptors (Lipinski definition) is 3. The molecular formula is C15H21NO3. The highest BCUT2D eigenvalue weighted by atomic mass is 16.5. The van der Waals surface area contributed by atoms with Crippen LogP contribution in [0.25, 0.3) is 0 Å². The van der Waals surface area contributed by atoms with Gasteiger partial charge in [0.15, 0.2) is 0 Å². The molecule has 1 aromatic carbocycles. The molecule has 1 aliphatic rings. The van der Waals surface area contributed by atoms with Crippen LogP contribution in [-0.2, 0) is 11.2 Å². The number of benzene rings is 1. The SMILES string of the molecule is CCCCOCCN1CCc2ccc(C(=O)O)cc21. The predicted octanol–water partition coefficient (Wildman–Crippen LogP) is 2.56. The number of aromatic carboxylic acids is 1. The van der Waals surface area contributed by atoms with Crippen molar-refractivity contribution in [2.45, 2.75) is 26.2 Å². The summed E-state index contributed by atoms with van der Waals surface area (Å²) >= 11 is 0. The van der Waals surface area contributed by atoms with Gasteiger partial charge in [-0.15, -0.1) is 0 Å². The van der Waals surface area contributed by atoms with E-state index in [9.17, 15) is 4.79 Å². The first kappa shape index (κ1) is 13.9. The molecule has 0 radical (unpaired) electrons. The summed E-state index contributed by atoms with van der Waals surface area (Å²) in [7, 11) is 0. The number of fused-ring (bicyclic) bond motifs is 1. The van der Waals surface area contributed by atoms with Crippen molar-refractivity contribution in [1.29, 1.82) is 0 Å². The number of hydrogen-bond donors (Lipinski definition) is 1. The summed E-state index contributed by atoms with van der Waals surface area (Å²) in [5.74, 6) is -0.867. The standard InChI is InChI=1S/C15H21NO3/c1-2-3-9-19-10-8-16-7-6-12-4-5-13(15(17)18)11-14(12)16/h4-5,11H,2-3,6-10H2,1H3,(H,17,18). The Morgan fingerprint density at radius 2 is 2.26 bits per heavy atom. The third kappa shape index (κ3) is 3.47. The molecule has 1 heterocycles. The Kier molecular flexibility index (Phi) is 4.80. The largest absolute Gasteiger partial charge is 0.478 e. The molecule has 0 atom stereocenters. The molecule has 0 saturated carbocycles. The normalized spacial score (nSPS) is 13.6. The number of anilines is 1. The van der Waals surface area contributed by atoms with Crippen LogP contribution in [0.3, 0.4) is 0 Å². The molecule has 0 unspecified atom stereocenters. The molecule has 0 aromatic heterocycles. The van der Waals surface area contributed by atoms with Gasteiger partial charge in [-0.3, -0.25) is 0 Å². The maximum Gasteiger partial charge on any atom is 0.335 e. The maximum atomic E-state index is 11.0. The highest BCUT2D eigenvalue weighted by molar-refractivity contribution is 5.89. The highest BCUT2D eigenvalue weighted by Crippen LogP contribution is 2.28. The molecule has 0 spiro atoms. The van der Waals surface area contributed by atoms with E-state index in [1.165, 1.54) is 5.56 Å². The summed E-state index contributed by atoms with van der Waals surface area (Å²) in [6, 6.07) is 5.38. The van der Waals surface area contributed by atoms with Gasteiger partial charge in [0.2, 0.25) is 0 Å². The van der Waals surface area contributed by atoms with Crippen molar-refractivity contribution >= 4 is 11.7 Å². The molecule has 0 fully saturated rings. The third-order valence-corrected chi connectivity index (χ3v) is 3.47. The number of rotatable bonds is 7. The van der Waals surface area contributed by atoms with Gasteiger partial charge in [-0.25, -0.2) is 4.79 Å². The lowest BCUT2D eigenvalue weighted by molar-refractivity contribution is 0.0697. The minimum Gasteiger partial charge on any atom is -0.478 e. The van der Waals surface area contributed by atoms with Crippen molar-refractivity contribution in [3.63, 3.8) is 0 Å². The smallest absolute Gasteiger partial charge is 0.335 e. The third-order valence-electron chi connectivity index (χ3n) is 3.47. The lowest BCUT2D eigenvalue weighted by Crippen LogP contribution is -2.25. The van der Waals surface area contributed by atoms with Crippen LogP contribution in [0.1, 0.15) is 35.7 Å². The number of carbonyl (C=O) groups is 1. The average Bonchev–Trinajstić information content (AvgIpc) is 2.81. The van der Waals surface area contributed by atoms with Crippen molar-refractivity contribution in [2.24, 2.45) is 0 Å². The van der Waals surface area contributed by atoms with Crippen LogP contribution in [0.15, 0.2) is 18.2 Å². The van der Waals surface area contributed by atoms with E-state index in [1.54, 1.807) is 12.1 Å². The monoisotopic (exact) mass is 263 g/mol. The molecule has 104 valence electrons. The number of carboxylic acid groups (broad SMARTS) is 1. The van der Waals surface area contributed by atoms with Crippen LogP contribution >= 0.6 is 0 Å². The van der Waals surface area contributed by atoms with Crippen LogP contribution in [0.4, 0.5) is 5.69 Å². The number of nitrogens with zero attached hydrogens (tertiary/aromatic N) is 1. The van der Waals surface area contributed by atoms with Crippen molar-refractivity contribution < 1.29 is 14.6 Å². The molecule has 1 N–H and O–H groups in total. The van der Waals surface area contributed by atoms with E-state index in [2.05, 4.69) is 11.8 Å². The Hall–Kier alpha value is -1.55. The molecule has 1 aromatic rings. The van der Waals surface area contributed by atoms with E-state index in [4.69, 9.17) is 9.84 Å². The predicted molar refractivity (Wildman–Crippen MR) is 75.0 cm³/mol. The van der Waals surface area contributed by atoms with Gasteiger partial charge < -0.3 is 14.7 Å². The van der Waals surface area contributed by atoms with Crippen LogP contribution in [0, 0.1) is 0 Å². The van der Waals surface area contributed by atoms with Gasteiger partial charge in [-0.2, -0.15) is 0 Å². The van der Waals surface area contributed by atoms with Crippen molar-refractivity contribution in [1.82, 2.24) is 0 Å². The molecule has 0 bridgehead atoms. The van der Waals surface area contributed by atoms with Gasteiger partial charge >= 0.3 is 5.97 Å². The van der Waals surface area contributed by atoms with Gasteiger partial charge in [0, 0.05) is 25.4 Å². The van der Waals surface area contributed by atoms with Crippen molar-refractivity contribution in [2.75, 3.05) is 31.2 Å². The fraction of sp³-hybridized carbons (Fsp3) is 0.533. The highest BCUT2D eigenvalue weighted by Gasteiger charge is 2.20. The molecule has 2 rings (SSSR count). The molecule has 19 heavy (non-hydrogen) atoms. The summed E-state index contributed by atoms with van der Waals surface area (Å²) in [4.78, 5) is 13.2. The van der Waals surface area contributed by atoms with Gasteiger partial charge in [0.05, 0.1) is 12.2 Å². The first-order chi connectivity index (χ1) is 9.22. The van der Waals surface area contributed by atoms with Gasteiger partial charge in [-0.1, -0.05) is 19.4 Å². The fourth-order valence-corrected chi connectivity index (χ4v) is 2.33. The zero-order valence-corrected chi connectivity index (χ0v) is 11.4.